The predicted octanol–water partition coefficient (Wildman–Crippen LogP) is 4.47. The number of benzene rings is 1. The second-order valence-corrected chi connectivity index (χ2v) is 10.9. The number of thiophene rings is 1. The summed E-state index contributed by atoms with van der Waals surface area (Å²) in [6, 6.07) is 11.1. The van der Waals surface area contributed by atoms with E-state index in [4.69, 9.17) is 21.2 Å². The van der Waals surface area contributed by atoms with Crippen molar-refractivity contribution in [3.8, 4) is 26.0 Å². The minimum Gasteiger partial charge on any atom is -0.540 e. The molecular weight excluding hydrogens is 534 g/mol. The molecule has 0 aliphatic carbocycles. The minimum absolute atomic E-state index is 0.125. The van der Waals surface area contributed by atoms with Gasteiger partial charge in [0, 0.05) is 33.2 Å². The van der Waals surface area contributed by atoms with Gasteiger partial charge in [0.25, 0.3) is 9.09 Å². The molecule has 1 unspecified atom stereocenters. The molecule has 0 bridgehead atoms. The van der Waals surface area contributed by atoms with E-state index in [2.05, 4.69) is 24.3 Å². The van der Waals surface area contributed by atoms with E-state index in [1.165, 1.54) is 11.3 Å². The Morgan fingerprint density at radius 3 is 2.51 bits per heavy atom. The number of carboxylic acids is 2. The van der Waals surface area contributed by atoms with Gasteiger partial charge in [-0.3, -0.25) is 0 Å². The van der Waals surface area contributed by atoms with Crippen molar-refractivity contribution in [2.24, 2.45) is 0 Å². The van der Waals surface area contributed by atoms with Crippen LogP contribution in [0, 0.1) is 13.8 Å². The van der Waals surface area contributed by atoms with Crippen LogP contribution in [-0.4, -0.2) is 41.4 Å². The summed E-state index contributed by atoms with van der Waals surface area (Å²) in [5, 5.41) is 31.5. The lowest BCUT2D eigenvalue weighted by molar-refractivity contribution is -0.254. The van der Waals surface area contributed by atoms with E-state index in [9.17, 15) is 14.7 Å². The molecule has 4 aromatic heterocycles. The van der Waals surface area contributed by atoms with Crippen molar-refractivity contribution in [2.45, 2.75) is 13.8 Å². The van der Waals surface area contributed by atoms with Gasteiger partial charge in [-0.2, -0.15) is 0 Å². The number of carbonyl (C=O) groups is 2. The van der Waals surface area contributed by atoms with Crippen LogP contribution in [0.3, 0.4) is 0 Å². The van der Waals surface area contributed by atoms with E-state index in [0.717, 1.165) is 31.7 Å². The molecule has 35 heavy (non-hydrogen) atoms. The third-order valence-corrected chi connectivity index (χ3v) is 8.94. The van der Waals surface area contributed by atoms with Gasteiger partial charge in [0.2, 0.25) is 0 Å². The Balaban J connectivity index is 0.000000271. The van der Waals surface area contributed by atoms with Crippen molar-refractivity contribution in [1.29, 1.82) is 0 Å². The van der Waals surface area contributed by atoms with Gasteiger partial charge in [0.1, 0.15) is 11.7 Å². The van der Waals surface area contributed by atoms with Gasteiger partial charge in [0.15, 0.2) is 21.3 Å². The van der Waals surface area contributed by atoms with E-state index in [1.54, 1.807) is 32.2 Å². The fraction of sp³-hybridized carbons (Fsp3) is 0.0952. The molecule has 4 heterocycles. The van der Waals surface area contributed by atoms with Crippen LogP contribution in [-0.2, 0) is 0 Å². The molecule has 0 aliphatic heterocycles. The van der Waals surface area contributed by atoms with E-state index in [1.807, 2.05) is 24.3 Å². The first kappa shape index (κ1) is 24.6. The number of hydrogen-bond donors (Lipinski definition) is 1. The van der Waals surface area contributed by atoms with E-state index < -0.39 is 22.6 Å². The lowest BCUT2D eigenvalue weighted by atomic mass is 10.1. The van der Waals surface area contributed by atoms with Gasteiger partial charge in [-0.25, -0.2) is 4.79 Å². The zero-order chi connectivity index (χ0) is 25.1. The number of aromatic nitrogens is 5. The Morgan fingerprint density at radius 2 is 1.91 bits per heavy atom. The van der Waals surface area contributed by atoms with Gasteiger partial charge in [-0.1, -0.05) is 32.6 Å². The molecule has 10 nitrogen and oxygen atoms in total. The molecule has 0 spiro atoms. The summed E-state index contributed by atoms with van der Waals surface area (Å²) in [7, 11) is -0.960. The van der Waals surface area contributed by atoms with Gasteiger partial charge in [-0.05, 0) is 49.6 Å². The molecule has 5 rings (SSSR count). The summed E-state index contributed by atoms with van der Waals surface area (Å²) in [4.78, 5) is 22.8. The summed E-state index contributed by atoms with van der Waals surface area (Å²) in [6.45, 7) is 3.24. The van der Waals surface area contributed by atoms with E-state index >= 15 is 0 Å². The highest BCUT2D eigenvalue weighted by Gasteiger charge is 2.27. The maximum Gasteiger partial charge on any atom is 0.349 e. The number of aryl methyl sites for hydroxylation is 2. The molecule has 5 aromatic rings. The van der Waals surface area contributed by atoms with Gasteiger partial charge in [-0.15, -0.1) is 10.2 Å². The SMILES string of the molecule is Cc1nn[s+](-c2ccc(-c3cc(-c4ccno4)ccc3Cl)s2)c1C(=O)[O-].Cc1nnsc1C(=O)O. The van der Waals surface area contributed by atoms with Crippen LogP contribution >= 0.6 is 45.1 Å². The zero-order valence-corrected chi connectivity index (χ0v) is 21.2. The molecule has 0 fully saturated rings. The Hall–Kier alpha value is -3.52. The van der Waals surface area contributed by atoms with Crippen LogP contribution in [0.25, 0.3) is 26.0 Å². The summed E-state index contributed by atoms with van der Waals surface area (Å²) >= 11 is 8.70. The quantitative estimate of drug-likeness (QED) is 0.311. The third kappa shape index (κ3) is 5.27. The number of nitrogens with zero attached hydrogens (tertiary/aromatic N) is 5. The Morgan fingerprint density at radius 1 is 1.11 bits per heavy atom. The molecule has 1 N–H and O–H groups in total. The highest BCUT2D eigenvalue weighted by atomic mass is 35.5. The second-order valence-electron chi connectivity index (χ2n) is 6.85. The molecular formula is C21H14ClN5O5S3. The maximum atomic E-state index is 11.4. The average molecular weight is 548 g/mol. The second kappa shape index (κ2) is 10.4. The van der Waals surface area contributed by atoms with Crippen LogP contribution in [0.2, 0.25) is 5.02 Å². The normalized spacial score (nSPS) is 11.1. The topological polar surface area (TPSA) is 155 Å². The largest absolute Gasteiger partial charge is 0.540 e. The van der Waals surface area contributed by atoms with Crippen LogP contribution in [0.1, 0.15) is 30.7 Å². The number of aromatic carboxylic acids is 2. The number of halogens is 1. The van der Waals surface area contributed by atoms with Gasteiger partial charge in [0.05, 0.1) is 16.4 Å². The zero-order valence-electron chi connectivity index (χ0n) is 18.0. The molecule has 0 radical (unpaired) electrons. The first-order valence-electron chi connectivity index (χ1n) is 9.67. The Bertz CT molecular complexity index is 1510. The van der Waals surface area contributed by atoms with E-state index in [-0.39, 0.29) is 9.75 Å². The summed E-state index contributed by atoms with van der Waals surface area (Å²) in [5.74, 6) is -1.55. The molecule has 14 heteroatoms. The Kier molecular flexibility index (Phi) is 7.31. The third-order valence-electron chi connectivity index (χ3n) is 4.55. The molecule has 0 saturated carbocycles. The fourth-order valence-electron chi connectivity index (χ4n) is 2.92. The number of carbonyl (C=O) groups excluding carboxylic acids is 1. The van der Waals surface area contributed by atoms with Crippen molar-refractivity contribution in [2.75, 3.05) is 0 Å². The van der Waals surface area contributed by atoms with Crippen molar-refractivity contribution in [3.63, 3.8) is 0 Å². The van der Waals surface area contributed by atoms with Crippen molar-refractivity contribution < 1.29 is 24.3 Å². The predicted molar refractivity (Wildman–Crippen MR) is 130 cm³/mol. The van der Waals surface area contributed by atoms with Crippen LogP contribution in [0.4, 0.5) is 0 Å². The number of hydrogen-bond acceptors (Lipinski definition) is 11. The summed E-state index contributed by atoms with van der Waals surface area (Å²) in [5.41, 5.74) is 2.54. The standard InChI is InChI=1S/C17H10ClN3O3S2.C4H4N2O2S/c1-9-16(17(22)23)26(21-20-9)15-5-4-14(25-15)11-8-10(2-3-12(11)18)13-6-7-19-24-13;1-2-3(4(7)8)9-6-5-2/h2-8H,1H3;1H3,(H,7,8). The molecule has 0 amide bonds. The molecule has 0 saturated heterocycles. The molecule has 178 valence electrons. The summed E-state index contributed by atoms with van der Waals surface area (Å²) < 4.78 is 13.5. The summed E-state index contributed by atoms with van der Waals surface area (Å²) in [6.07, 6.45) is 1.58. The fourth-order valence-corrected chi connectivity index (χ4v) is 6.64. The number of carboxylic acid groups (broad SMARTS) is 2. The highest BCUT2D eigenvalue weighted by Crippen LogP contribution is 2.43. The lowest BCUT2D eigenvalue weighted by Gasteiger charge is -2.03. The minimum atomic E-state index is -1.24. The van der Waals surface area contributed by atoms with Crippen molar-refractivity contribution in [1.82, 2.24) is 24.3 Å². The van der Waals surface area contributed by atoms with Crippen molar-refractivity contribution in [3.05, 3.63) is 68.8 Å². The Labute approximate surface area is 213 Å². The van der Waals surface area contributed by atoms with Gasteiger partial charge < -0.3 is 19.5 Å². The smallest absolute Gasteiger partial charge is 0.349 e. The highest BCUT2D eigenvalue weighted by molar-refractivity contribution is 7.48. The van der Waals surface area contributed by atoms with Crippen molar-refractivity contribution >= 4 is 57.1 Å². The molecule has 0 aliphatic rings. The molecule has 1 aromatic carbocycles. The van der Waals surface area contributed by atoms with Crippen LogP contribution < -0.4 is 5.11 Å². The van der Waals surface area contributed by atoms with Gasteiger partial charge >= 0.3 is 5.97 Å². The first-order valence-corrected chi connectivity index (χ1v) is 12.8. The van der Waals surface area contributed by atoms with Crippen LogP contribution in [0.5, 0.6) is 0 Å². The average Bonchev–Trinajstić information content (AvgIpc) is 3.61. The van der Waals surface area contributed by atoms with E-state index in [0.29, 0.717) is 22.2 Å². The lowest BCUT2D eigenvalue weighted by Crippen LogP contribution is -2.22. The maximum absolute atomic E-state index is 11.4. The first-order chi connectivity index (χ1) is 16.8. The molecule has 1 atom stereocenters. The van der Waals surface area contributed by atoms with Crippen LogP contribution in [0.15, 0.2) is 47.1 Å². The number of rotatable bonds is 5. The monoisotopic (exact) mass is 547 g/mol.